The van der Waals surface area contributed by atoms with E-state index in [2.05, 4.69) is 15.0 Å². The molecule has 0 spiro atoms. The number of carboxylic acid groups (broad SMARTS) is 1. The number of sulfonamides is 1. The number of carboxylic acids is 1. The summed E-state index contributed by atoms with van der Waals surface area (Å²) in [5.74, 6) is -2.59. The molecule has 1 fully saturated rings. The first-order valence-electron chi connectivity index (χ1n) is 11.6. The molecule has 2 heterocycles. The summed E-state index contributed by atoms with van der Waals surface area (Å²) in [6.07, 6.45) is -0.453. The molecule has 2 aromatic heterocycles. The van der Waals surface area contributed by atoms with Gasteiger partial charge in [0.05, 0.1) is 29.2 Å². The number of rotatable bonds is 6. The fraction of sp³-hybridized carbons (Fsp3) is 0.192. The van der Waals surface area contributed by atoms with Crippen molar-refractivity contribution in [1.82, 2.24) is 10.3 Å². The van der Waals surface area contributed by atoms with Crippen LogP contribution >= 0.6 is 0 Å². The van der Waals surface area contributed by atoms with Crippen LogP contribution in [0, 0.1) is 0 Å². The van der Waals surface area contributed by atoms with E-state index < -0.39 is 22.2 Å². The molecule has 204 valence electrons. The number of nitrogens with one attached hydrogen (secondary N) is 3. The van der Waals surface area contributed by atoms with Crippen molar-refractivity contribution in [2.75, 3.05) is 11.0 Å². The first-order valence-corrected chi connectivity index (χ1v) is 13.5. The molecule has 9 nitrogen and oxygen atoms in total. The average Bonchev–Trinajstić information content (AvgIpc) is 3.55. The van der Waals surface area contributed by atoms with Crippen LogP contribution < -0.4 is 19.5 Å². The van der Waals surface area contributed by atoms with Crippen LogP contribution in [0.5, 0.6) is 0 Å². The van der Waals surface area contributed by atoms with E-state index in [1.54, 1.807) is 12.1 Å². The van der Waals surface area contributed by atoms with Gasteiger partial charge in [-0.2, -0.15) is 17.6 Å². The number of aromatic amines is 1. The Bertz CT molecular complexity index is 1630. The number of halogens is 3. The second-order valence-corrected chi connectivity index (χ2v) is 10.7. The molecule has 1 amide bonds. The molecule has 4 aromatic rings. The Kier molecular flexibility index (Phi) is 7.37. The van der Waals surface area contributed by atoms with Crippen LogP contribution in [0.15, 0.2) is 79.0 Å². The topological polar surface area (TPSA) is 135 Å². The predicted molar refractivity (Wildman–Crippen MR) is 134 cm³/mol. The standard InChI is InChI=1S/C24H22N4O3S.C2HF3O2/c1-32(30,31)27-19-12-6-5-11-18(19)22-25-21(20-13-7-8-16-28(20)22)23(29)26-24(14-15-24)17-9-3-2-4-10-17;3-2(4,5)1(6)7/h2-13,16H,14-15H2,1H3,(H2,25,26,27,29);(H,6,7). The molecule has 13 heteroatoms. The van der Waals surface area contributed by atoms with E-state index in [1.165, 1.54) is 0 Å². The minimum Gasteiger partial charge on any atom is -0.542 e. The number of anilines is 1. The number of alkyl halides is 3. The van der Waals surface area contributed by atoms with Gasteiger partial charge in [-0.3, -0.25) is 9.52 Å². The molecular formula is C26H23F3N4O5S. The maximum absolute atomic E-state index is 13.4. The molecule has 1 aliphatic rings. The lowest BCUT2D eigenvalue weighted by molar-refractivity contribution is -0.498. The molecule has 5 rings (SSSR count). The minimum atomic E-state index is -5.19. The summed E-state index contributed by atoms with van der Waals surface area (Å²) < 4.78 is 59.7. The monoisotopic (exact) mass is 560 g/mol. The van der Waals surface area contributed by atoms with Crippen molar-refractivity contribution in [3.05, 3.63) is 90.3 Å². The number of carbonyl (C=O) groups is 2. The van der Waals surface area contributed by atoms with Crippen molar-refractivity contribution < 1.29 is 40.7 Å². The third kappa shape index (κ3) is 6.37. The van der Waals surface area contributed by atoms with Gasteiger partial charge in [-0.25, -0.2) is 13.4 Å². The number of para-hydroxylation sites is 1. The number of pyridine rings is 1. The highest BCUT2D eigenvalue weighted by molar-refractivity contribution is 7.92. The highest BCUT2D eigenvalue weighted by Gasteiger charge is 2.46. The van der Waals surface area contributed by atoms with Gasteiger partial charge in [0.1, 0.15) is 5.97 Å². The maximum Gasteiger partial charge on any atom is 0.430 e. The SMILES string of the molecule is CS(=O)(=O)Nc1ccccc1-c1[nH]c(C(=O)NC2(c3ccccc3)CC2)c2cccc[n+]12.O=C([O-])C(F)(F)F. The number of hydrogen-bond acceptors (Lipinski definition) is 5. The van der Waals surface area contributed by atoms with Crippen LogP contribution in [0.3, 0.4) is 0 Å². The largest absolute Gasteiger partial charge is 0.542 e. The van der Waals surface area contributed by atoms with Crippen LogP contribution in [-0.2, 0) is 20.4 Å². The second-order valence-electron chi connectivity index (χ2n) is 8.91. The number of fused-ring (bicyclic) bond motifs is 1. The zero-order valence-corrected chi connectivity index (χ0v) is 21.3. The van der Waals surface area contributed by atoms with Gasteiger partial charge in [-0.05, 0) is 42.7 Å². The molecule has 0 aliphatic heterocycles. The van der Waals surface area contributed by atoms with Gasteiger partial charge in [0.15, 0.2) is 5.52 Å². The first-order chi connectivity index (χ1) is 18.3. The number of benzene rings is 2. The smallest absolute Gasteiger partial charge is 0.430 e. The first kappa shape index (κ1) is 27.6. The van der Waals surface area contributed by atoms with Crippen LogP contribution in [0.25, 0.3) is 16.9 Å². The summed E-state index contributed by atoms with van der Waals surface area (Å²) >= 11 is 0. The Balaban J connectivity index is 0.000000448. The van der Waals surface area contributed by atoms with Crippen molar-refractivity contribution in [1.29, 1.82) is 0 Å². The second kappa shape index (κ2) is 10.4. The number of hydrogen-bond donors (Lipinski definition) is 3. The van der Waals surface area contributed by atoms with Crippen LogP contribution in [0.1, 0.15) is 28.9 Å². The average molecular weight is 561 g/mol. The molecule has 0 bridgehead atoms. The molecule has 0 unspecified atom stereocenters. The fourth-order valence-corrected chi connectivity index (χ4v) is 4.66. The van der Waals surface area contributed by atoms with Crippen molar-refractivity contribution >= 4 is 33.1 Å². The van der Waals surface area contributed by atoms with Gasteiger partial charge in [-0.1, -0.05) is 48.5 Å². The Morgan fingerprint density at radius 2 is 1.56 bits per heavy atom. The van der Waals surface area contributed by atoms with Crippen molar-refractivity contribution in [2.24, 2.45) is 0 Å². The summed E-state index contributed by atoms with van der Waals surface area (Å²) in [5.41, 5.74) is 2.96. The van der Waals surface area contributed by atoms with Crippen molar-refractivity contribution in [2.45, 2.75) is 24.6 Å². The van der Waals surface area contributed by atoms with Gasteiger partial charge in [-0.15, -0.1) is 0 Å². The quantitative estimate of drug-likeness (QED) is 0.312. The van der Waals surface area contributed by atoms with Crippen molar-refractivity contribution in [3.63, 3.8) is 0 Å². The number of nitrogens with zero attached hydrogens (tertiary/aromatic N) is 1. The normalized spacial score (nSPS) is 14.2. The fourth-order valence-electron chi connectivity index (χ4n) is 4.08. The minimum absolute atomic E-state index is 0.199. The number of aliphatic carboxylic acids is 1. The summed E-state index contributed by atoms with van der Waals surface area (Å²) in [6, 6.07) is 22.7. The molecule has 0 radical (unpaired) electrons. The summed E-state index contributed by atoms with van der Waals surface area (Å²) in [5, 5.41) is 12.0. The lowest BCUT2D eigenvalue weighted by Crippen LogP contribution is -2.37. The molecule has 0 saturated heterocycles. The Morgan fingerprint density at radius 3 is 2.15 bits per heavy atom. The Hall–Kier alpha value is -4.39. The molecule has 0 atom stereocenters. The Labute approximate surface area is 221 Å². The third-order valence-corrected chi connectivity index (χ3v) is 6.56. The molecule has 1 aliphatic carbocycles. The van der Waals surface area contributed by atoms with Gasteiger partial charge >= 0.3 is 6.18 Å². The zero-order valence-electron chi connectivity index (χ0n) is 20.5. The molecule has 2 aromatic carbocycles. The summed E-state index contributed by atoms with van der Waals surface area (Å²) in [4.78, 5) is 25.4. The lowest BCUT2D eigenvalue weighted by Gasteiger charge is -2.16. The summed E-state index contributed by atoms with van der Waals surface area (Å²) in [7, 11) is -3.47. The van der Waals surface area contributed by atoms with E-state index in [9.17, 15) is 26.4 Å². The third-order valence-electron chi connectivity index (χ3n) is 5.97. The predicted octanol–water partition coefficient (Wildman–Crippen LogP) is 2.51. The van der Waals surface area contributed by atoms with Crippen LogP contribution in [0.2, 0.25) is 0 Å². The van der Waals surface area contributed by atoms with E-state index in [-0.39, 0.29) is 11.4 Å². The van der Waals surface area contributed by atoms with E-state index in [4.69, 9.17) is 9.90 Å². The Morgan fingerprint density at radius 1 is 0.974 bits per heavy atom. The molecule has 39 heavy (non-hydrogen) atoms. The maximum atomic E-state index is 13.4. The van der Waals surface area contributed by atoms with Gasteiger partial charge < -0.3 is 15.2 Å². The molecule has 3 N–H and O–H groups in total. The zero-order chi connectivity index (χ0) is 28.4. The highest BCUT2D eigenvalue weighted by atomic mass is 32.2. The van der Waals surface area contributed by atoms with Crippen LogP contribution in [0.4, 0.5) is 18.9 Å². The lowest BCUT2D eigenvalue weighted by atomic mass is 10.0. The number of H-pyrrole nitrogens is 1. The molecular weight excluding hydrogens is 537 g/mol. The van der Waals surface area contributed by atoms with Crippen molar-refractivity contribution in [3.8, 4) is 11.4 Å². The van der Waals surface area contributed by atoms with E-state index in [0.29, 0.717) is 28.3 Å². The van der Waals surface area contributed by atoms with Gasteiger partial charge in [0.2, 0.25) is 15.7 Å². The molecule has 1 saturated carbocycles. The number of aromatic nitrogens is 2. The summed E-state index contributed by atoms with van der Waals surface area (Å²) in [6.45, 7) is 0. The number of imidazole rings is 1. The highest BCUT2D eigenvalue weighted by Crippen LogP contribution is 2.45. The number of carbonyl (C=O) groups excluding carboxylic acids is 2. The van der Waals surface area contributed by atoms with E-state index in [0.717, 1.165) is 24.7 Å². The van der Waals surface area contributed by atoms with Crippen LogP contribution in [-0.4, -0.2) is 37.7 Å². The van der Waals surface area contributed by atoms with Gasteiger partial charge in [0.25, 0.3) is 11.7 Å². The van der Waals surface area contributed by atoms with E-state index >= 15 is 0 Å². The van der Waals surface area contributed by atoms with E-state index in [1.807, 2.05) is 71.3 Å². The number of amides is 1. The van der Waals surface area contributed by atoms with Gasteiger partial charge in [0, 0.05) is 0 Å².